The van der Waals surface area contributed by atoms with Crippen molar-refractivity contribution >= 4 is 27.5 Å². The first-order valence-corrected chi connectivity index (χ1v) is 16.4. The number of carbonyl (C=O) groups is 2. The van der Waals surface area contributed by atoms with Crippen molar-refractivity contribution in [3.8, 4) is 23.0 Å². The molecule has 0 unspecified atom stereocenters. The molecule has 0 aromatic heterocycles. The van der Waals surface area contributed by atoms with Gasteiger partial charge in [-0.3, -0.25) is 13.9 Å². The van der Waals surface area contributed by atoms with E-state index in [1.165, 1.54) is 57.6 Å². The largest absolute Gasteiger partial charge is 0.497 e. The van der Waals surface area contributed by atoms with Crippen molar-refractivity contribution in [1.29, 1.82) is 0 Å². The zero-order chi connectivity index (χ0) is 34.1. The molecule has 0 heterocycles. The van der Waals surface area contributed by atoms with Crippen LogP contribution in [0.1, 0.15) is 39.7 Å². The fourth-order valence-electron chi connectivity index (χ4n) is 4.96. The molecule has 46 heavy (non-hydrogen) atoms. The molecule has 1 N–H and O–H groups in total. The predicted octanol–water partition coefficient (Wildman–Crippen LogP) is 4.68. The van der Waals surface area contributed by atoms with Crippen LogP contribution in [0.2, 0.25) is 0 Å². The predicted molar refractivity (Wildman–Crippen MR) is 177 cm³/mol. The minimum atomic E-state index is -4.43. The number of sulfonamides is 1. The number of nitrogens with zero attached hydrogens (tertiary/aromatic N) is 2. The van der Waals surface area contributed by atoms with Gasteiger partial charge in [-0.25, -0.2) is 8.42 Å². The molecule has 0 bridgehead atoms. The average Bonchev–Trinajstić information content (AvgIpc) is 3.04. The second-order valence-corrected chi connectivity index (χ2v) is 13.4. The first-order chi connectivity index (χ1) is 21.8. The van der Waals surface area contributed by atoms with E-state index < -0.39 is 34.1 Å². The summed E-state index contributed by atoms with van der Waals surface area (Å²) >= 11 is 0. The standard InChI is InChI=1S/C34H45N3O8S/c1-9-27(33(39)35-34(2,3)4)36(20-19-24-13-11-10-12-14-24)32(38)23-37(28-21-25(42-5)15-17-29(28)43-6)46(40,41)26-16-18-30(44-7)31(22-26)45-8/h10-18,21-22,27H,9,19-20,23H2,1-8H3,(H,35,39)/t27-/m0/s1. The van der Waals surface area contributed by atoms with Crippen molar-refractivity contribution in [2.75, 3.05) is 45.8 Å². The number of amides is 2. The van der Waals surface area contributed by atoms with Crippen LogP contribution in [-0.4, -0.2) is 78.2 Å². The lowest BCUT2D eigenvalue weighted by Gasteiger charge is -2.35. The maximum absolute atomic E-state index is 14.4. The third-order valence-electron chi connectivity index (χ3n) is 7.24. The lowest BCUT2D eigenvalue weighted by atomic mass is 10.1. The highest BCUT2D eigenvalue weighted by atomic mass is 32.2. The Labute approximate surface area is 272 Å². The van der Waals surface area contributed by atoms with Crippen molar-refractivity contribution in [3.05, 3.63) is 72.3 Å². The first kappa shape index (κ1) is 36.0. The van der Waals surface area contributed by atoms with Gasteiger partial charge in [-0.05, 0) is 63.4 Å². The summed E-state index contributed by atoms with van der Waals surface area (Å²) in [6, 6.07) is 17.6. The number of ether oxygens (including phenoxy) is 4. The summed E-state index contributed by atoms with van der Waals surface area (Å²) in [6.07, 6.45) is 0.768. The van der Waals surface area contributed by atoms with Crippen LogP contribution in [-0.2, 0) is 26.0 Å². The van der Waals surface area contributed by atoms with E-state index >= 15 is 0 Å². The molecule has 3 aromatic rings. The molecule has 0 fully saturated rings. The molecule has 3 rings (SSSR count). The Bertz CT molecular complexity index is 1590. The third-order valence-corrected chi connectivity index (χ3v) is 9.00. The van der Waals surface area contributed by atoms with E-state index in [1.54, 1.807) is 12.1 Å². The lowest BCUT2D eigenvalue weighted by Crippen LogP contribution is -2.56. The number of methoxy groups -OCH3 is 4. The molecule has 1 atom stereocenters. The second kappa shape index (κ2) is 15.7. The van der Waals surface area contributed by atoms with Crippen LogP contribution >= 0.6 is 0 Å². The van der Waals surface area contributed by atoms with Crippen LogP contribution < -0.4 is 28.6 Å². The molecule has 0 spiro atoms. The van der Waals surface area contributed by atoms with Crippen molar-refractivity contribution in [2.24, 2.45) is 0 Å². The Balaban J connectivity index is 2.16. The van der Waals surface area contributed by atoms with Crippen molar-refractivity contribution in [1.82, 2.24) is 10.2 Å². The minimum absolute atomic E-state index is 0.0835. The molecule has 0 saturated carbocycles. The molecule has 250 valence electrons. The zero-order valence-electron chi connectivity index (χ0n) is 27.8. The summed E-state index contributed by atoms with van der Waals surface area (Å²) in [5.74, 6) is 0.191. The van der Waals surface area contributed by atoms with E-state index in [2.05, 4.69) is 5.32 Å². The Morgan fingerprint density at radius 2 is 1.46 bits per heavy atom. The van der Waals surface area contributed by atoms with Gasteiger partial charge in [0.2, 0.25) is 11.8 Å². The smallest absolute Gasteiger partial charge is 0.265 e. The molecule has 12 heteroatoms. The van der Waals surface area contributed by atoms with E-state index in [-0.39, 0.29) is 34.5 Å². The molecule has 0 aliphatic carbocycles. The van der Waals surface area contributed by atoms with Gasteiger partial charge in [0.05, 0.1) is 39.0 Å². The highest BCUT2D eigenvalue weighted by Gasteiger charge is 2.36. The van der Waals surface area contributed by atoms with E-state index in [0.717, 1.165) is 9.87 Å². The first-order valence-electron chi connectivity index (χ1n) is 14.9. The van der Waals surface area contributed by atoms with Crippen molar-refractivity contribution < 1.29 is 37.0 Å². The van der Waals surface area contributed by atoms with E-state index in [9.17, 15) is 18.0 Å². The molecule has 0 aliphatic rings. The molecule has 0 saturated heterocycles. The van der Waals surface area contributed by atoms with Crippen LogP contribution in [0.25, 0.3) is 0 Å². The Kier molecular flexibility index (Phi) is 12.3. The van der Waals surface area contributed by atoms with E-state index in [1.807, 2.05) is 58.0 Å². The summed E-state index contributed by atoms with van der Waals surface area (Å²) in [5.41, 5.74) is 0.505. The summed E-state index contributed by atoms with van der Waals surface area (Å²) in [4.78, 5) is 29.2. The van der Waals surface area contributed by atoms with Crippen LogP contribution in [0.3, 0.4) is 0 Å². The fourth-order valence-corrected chi connectivity index (χ4v) is 6.39. The fraction of sp³-hybridized carbons (Fsp3) is 0.412. The monoisotopic (exact) mass is 655 g/mol. The van der Waals surface area contributed by atoms with Crippen LogP contribution in [0.15, 0.2) is 71.6 Å². The van der Waals surface area contributed by atoms with Gasteiger partial charge in [-0.15, -0.1) is 0 Å². The number of rotatable bonds is 15. The van der Waals surface area contributed by atoms with Crippen molar-refractivity contribution in [3.63, 3.8) is 0 Å². The molecule has 11 nitrogen and oxygen atoms in total. The summed E-state index contributed by atoms with van der Waals surface area (Å²) in [7, 11) is 1.28. The SMILES string of the molecule is CC[C@@H](C(=O)NC(C)(C)C)N(CCc1ccccc1)C(=O)CN(c1cc(OC)ccc1OC)S(=O)(=O)c1ccc(OC)c(OC)c1. The lowest BCUT2D eigenvalue weighted by molar-refractivity contribution is -0.140. The Hall–Kier alpha value is -4.45. The minimum Gasteiger partial charge on any atom is -0.497 e. The summed E-state index contributed by atoms with van der Waals surface area (Å²) < 4.78 is 51.5. The number of hydrogen-bond acceptors (Lipinski definition) is 8. The maximum atomic E-state index is 14.4. The van der Waals surface area contributed by atoms with E-state index in [4.69, 9.17) is 18.9 Å². The van der Waals surface area contributed by atoms with Crippen LogP contribution in [0, 0.1) is 0 Å². The average molecular weight is 656 g/mol. The van der Waals surface area contributed by atoms with Gasteiger partial charge in [-0.2, -0.15) is 0 Å². The normalized spacial score (nSPS) is 12.1. The molecule has 3 aromatic carbocycles. The maximum Gasteiger partial charge on any atom is 0.265 e. The summed E-state index contributed by atoms with van der Waals surface area (Å²) in [6.45, 7) is 6.95. The van der Waals surface area contributed by atoms with E-state index in [0.29, 0.717) is 24.3 Å². The molecular weight excluding hydrogens is 610 g/mol. The highest BCUT2D eigenvalue weighted by Crippen LogP contribution is 2.37. The van der Waals surface area contributed by atoms with Gasteiger partial charge < -0.3 is 29.2 Å². The number of benzene rings is 3. The highest BCUT2D eigenvalue weighted by molar-refractivity contribution is 7.92. The van der Waals surface area contributed by atoms with Gasteiger partial charge in [0, 0.05) is 24.2 Å². The molecule has 0 aliphatic heterocycles. The topological polar surface area (TPSA) is 124 Å². The van der Waals surface area contributed by atoms with Gasteiger partial charge >= 0.3 is 0 Å². The third kappa shape index (κ3) is 8.84. The number of hydrogen-bond donors (Lipinski definition) is 1. The zero-order valence-corrected chi connectivity index (χ0v) is 28.6. The summed E-state index contributed by atoms with van der Waals surface area (Å²) in [5, 5.41) is 2.97. The molecule has 2 amide bonds. The number of anilines is 1. The number of carbonyl (C=O) groups excluding carboxylic acids is 2. The van der Waals surface area contributed by atoms with Gasteiger partial charge in [0.1, 0.15) is 24.1 Å². The van der Waals surface area contributed by atoms with Crippen LogP contribution in [0.5, 0.6) is 23.0 Å². The van der Waals surface area contributed by atoms with Gasteiger partial charge in [0.25, 0.3) is 10.0 Å². The van der Waals surface area contributed by atoms with Crippen LogP contribution in [0.4, 0.5) is 5.69 Å². The second-order valence-electron chi connectivity index (χ2n) is 11.6. The van der Waals surface area contributed by atoms with Crippen molar-refractivity contribution in [2.45, 2.75) is 57.0 Å². The number of nitrogens with one attached hydrogen (secondary N) is 1. The van der Waals surface area contributed by atoms with Gasteiger partial charge in [-0.1, -0.05) is 37.3 Å². The molecule has 0 radical (unpaired) electrons. The molecular formula is C34H45N3O8S. The Morgan fingerprint density at radius 1 is 0.826 bits per heavy atom. The van der Waals surface area contributed by atoms with Gasteiger partial charge in [0.15, 0.2) is 11.5 Å². The Morgan fingerprint density at radius 3 is 2.02 bits per heavy atom. The quantitative estimate of drug-likeness (QED) is 0.251.